The monoisotopic (exact) mass is 249 g/mol. The third kappa shape index (κ3) is 3.96. The summed E-state index contributed by atoms with van der Waals surface area (Å²) in [6, 6.07) is 2.77. The van der Waals surface area contributed by atoms with Gasteiger partial charge in [-0.15, -0.1) is 6.58 Å². The van der Waals surface area contributed by atoms with Crippen LogP contribution in [0.2, 0.25) is 0 Å². The Kier molecular flexibility index (Phi) is 4.96. The predicted molar refractivity (Wildman–Crippen MR) is 72.1 cm³/mol. The van der Waals surface area contributed by atoms with E-state index in [1.165, 1.54) is 12.8 Å². The highest BCUT2D eigenvalue weighted by molar-refractivity contribution is 5.06. The maximum Gasteiger partial charge on any atom is 0.151 e. The highest BCUT2D eigenvalue weighted by Crippen LogP contribution is 2.28. The molecule has 18 heavy (non-hydrogen) atoms. The molecule has 1 fully saturated rings. The molecule has 1 aliphatic carbocycles. The first kappa shape index (κ1) is 13.3. The Balaban J connectivity index is 1.82. The zero-order valence-electron chi connectivity index (χ0n) is 11.2. The molecule has 100 valence electrons. The van der Waals surface area contributed by atoms with Crippen LogP contribution < -0.4 is 5.32 Å². The Bertz CT molecular complexity index is 371. The fraction of sp³-hybridized carbons (Fsp3) is 0.643. The lowest BCUT2D eigenvalue weighted by Gasteiger charge is -2.17. The number of rotatable bonds is 9. The van der Waals surface area contributed by atoms with Crippen molar-refractivity contribution in [3.8, 4) is 0 Å². The van der Waals surface area contributed by atoms with Gasteiger partial charge in [0.25, 0.3) is 0 Å². The molecule has 0 unspecified atom stereocenters. The van der Waals surface area contributed by atoms with Crippen molar-refractivity contribution in [3.05, 3.63) is 30.2 Å². The average Bonchev–Trinajstić information content (AvgIpc) is 3.12. The third-order valence-corrected chi connectivity index (χ3v) is 3.13. The minimum atomic E-state index is 0.717. The summed E-state index contributed by atoms with van der Waals surface area (Å²) in [6.45, 7) is 9.55. The van der Waals surface area contributed by atoms with Crippen molar-refractivity contribution in [2.75, 3.05) is 13.1 Å². The summed E-state index contributed by atoms with van der Waals surface area (Å²) in [4.78, 5) is 2.40. The normalized spacial score (nSPS) is 15.2. The number of nitrogens with one attached hydrogen (secondary N) is 1. The summed E-state index contributed by atoms with van der Waals surface area (Å²) >= 11 is 0. The highest BCUT2D eigenvalue weighted by atomic mass is 16.5. The second-order valence-electron chi connectivity index (χ2n) is 4.91. The van der Waals surface area contributed by atoms with E-state index in [1.54, 1.807) is 0 Å². The maximum atomic E-state index is 5.38. The molecule has 1 aliphatic rings. The molecule has 1 heterocycles. The van der Waals surface area contributed by atoms with Gasteiger partial charge in [-0.25, -0.2) is 0 Å². The average molecular weight is 249 g/mol. The van der Waals surface area contributed by atoms with E-state index in [0.29, 0.717) is 0 Å². The number of nitrogens with zero attached hydrogens (tertiary/aromatic N) is 2. The second-order valence-corrected chi connectivity index (χ2v) is 4.91. The van der Waals surface area contributed by atoms with Gasteiger partial charge in [0.05, 0.1) is 12.2 Å². The zero-order valence-corrected chi connectivity index (χ0v) is 11.2. The molecule has 1 aromatic rings. The molecule has 0 saturated heterocycles. The molecule has 4 nitrogen and oxygen atoms in total. The van der Waals surface area contributed by atoms with Gasteiger partial charge in [0.1, 0.15) is 0 Å². The topological polar surface area (TPSA) is 41.3 Å². The van der Waals surface area contributed by atoms with Crippen molar-refractivity contribution in [2.45, 2.75) is 45.3 Å². The van der Waals surface area contributed by atoms with E-state index < -0.39 is 0 Å². The summed E-state index contributed by atoms with van der Waals surface area (Å²) in [5.41, 5.74) is 0.993. The SMILES string of the molecule is C=CCN(Cc1cc(CNCCC)no1)C1CC1. The van der Waals surface area contributed by atoms with Gasteiger partial charge in [0.2, 0.25) is 0 Å². The van der Waals surface area contributed by atoms with Crippen molar-refractivity contribution >= 4 is 0 Å². The molecule has 1 N–H and O–H groups in total. The van der Waals surface area contributed by atoms with Crippen LogP contribution in [0.4, 0.5) is 0 Å². The first-order valence-electron chi connectivity index (χ1n) is 6.83. The molecule has 0 radical (unpaired) electrons. The molecule has 2 rings (SSSR count). The quantitative estimate of drug-likeness (QED) is 0.539. The van der Waals surface area contributed by atoms with Crippen molar-refractivity contribution in [1.29, 1.82) is 0 Å². The Morgan fingerprint density at radius 2 is 2.44 bits per heavy atom. The van der Waals surface area contributed by atoms with Crippen LogP contribution in [0.5, 0.6) is 0 Å². The van der Waals surface area contributed by atoms with Gasteiger partial charge in [0, 0.05) is 25.2 Å². The standard InChI is InChI=1S/C14H23N3O/c1-3-7-15-10-12-9-14(18-16-12)11-17(8-4-2)13-5-6-13/h4,9,13,15H,2-3,5-8,10-11H2,1H3. The predicted octanol–water partition coefficient (Wildman–Crippen LogP) is 2.32. The third-order valence-electron chi connectivity index (χ3n) is 3.13. The summed E-state index contributed by atoms with van der Waals surface area (Å²) in [5.74, 6) is 0.956. The van der Waals surface area contributed by atoms with Gasteiger partial charge in [-0.1, -0.05) is 18.2 Å². The van der Waals surface area contributed by atoms with E-state index in [9.17, 15) is 0 Å². The van der Waals surface area contributed by atoms with Crippen LogP contribution in [-0.4, -0.2) is 29.2 Å². The van der Waals surface area contributed by atoms with E-state index in [0.717, 1.165) is 50.1 Å². The molecule has 1 aromatic heterocycles. The number of aromatic nitrogens is 1. The Morgan fingerprint density at radius 1 is 1.61 bits per heavy atom. The van der Waals surface area contributed by atoms with Gasteiger partial charge >= 0.3 is 0 Å². The minimum absolute atomic E-state index is 0.717. The van der Waals surface area contributed by atoms with Gasteiger partial charge in [-0.3, -0.25) is 4.90 Å². The minimum Gasteiger partial charge on any atom is -0.360 e. The molecule has 0 bridgehead atoms. The smallest absolute Gasteiger partial charge is 0.151 e. The van der Waals surface area contributed by atoms with Crippen LogP contribution in [0, 0.1) is 0 Å². The summed E-state index contributed by atoms with van der Waals surface area (Å²) in [5, 5.41) is 7.42. The van der Waals surface area contributed by atoms with E-state index in [4.69, 9.17) is 4.52 Å². The van der Waals surface area contributed by atoms with Gasteiger partial charge < -0.3 is 9.84 Å². The summed E-state index contributed by atoms with van der Waals surface area (Å²) in [7, 11) is 0. The van der Waals surface area contributed by atoms with Crippen LogP contribution in [-0.2, 0) is 13.1 Å². The lowest BCUT2D eigenvalue weighted by molar-refractivity contribution is 0.242. The van der Waals surface area contributed by atoms with E-state index in [1.807, 2.05) is 6.08 Å². The molecule has 0 atom stereocenters. The zero-order chi connectivity index (χ0) is 12.8. The Labute approximate surface area is 109 Å². The van der Waals surface area contributed by atoms with Gasteiger partial charge in [-0.05, 0) is 25.8 Å². The molecule has 1 saturated carbocycles. The van der Waals surface area contributed by atoms with E-state index in [-0.39, 0.29) is 0 Å². The van der Waals surface area contributed by atoms with Crippen LogP contribution in [0.1, 0.15) is 37.6 Å². The molecule has 0 aromatic carbocycles. The molecule has 0 aliphatic heterocycles. The second kappa shape index (κ2) is 6.71. The summed E-state index contributed by atoms with van der Waals surface area (Å²) < 4.78 is 5.38. The van der Waals surface area contributed by atoms with Crippen LogP contribution in [0.15, 0.2) is 23.2 Å². The van der Waals surface area contributed by atoms with Crippen LogP contribution in [0.25, 0.3) is 0 Å². The van der Waals surface area contributed by atoms with Gasteiger partial charge in [0.15, 0.2) is 5.76 Å². The molecular formula is C14H23N3O. The van der Waals surface area contributed by atoms with Gasteiger partial charge in [-0.2, -0.15) is 0 Å². The van der Waals surface area contributed by atoms with Crippen LogP contribution in [0.3, 0.4) is 0 Å². The molecule has 0 amide bonds. The number of hydrogen-bond donors (Lipinski definition) is 1. The fourth-order valence-corrected chi connectivity index (χ4v) is 2.06. The van der Waals surface area contributed by atoms with Crippen molar-refractivity contribution < 1.29 is 4.52 Å². The number of hydrogen-bond acceptors (Lipinski definition) is 4. The van der Waals surface area contributed by atoms with E-state index >= 15 is 0 Å². The maximum absolute atomic E-state index is 5.38. The lowest BCUT2D eigenvalue weighted by atomic mass is 10.3. The van der Waals surface area contributed by atoms with Crippen molar-refractivity contribution in [1.82, 2.24) is 15.4 Å². The lowest BCUT2D eigenvalue weighted by Crippen LogP contribution is -2.25. The Hall–Kier alpha value is -1.13. The molecule has 0 spiro atoms. The largest absolute Gasteiger partial charge is 0.360 e. The molecule has 4 heteroatoms. The molecular weight excluding hydrogens is 226 g/mol. The first-order chi connectivity index (χ1) is 8.83. The summed E-state index contributed by atoms with van der Waals surface area (Å²) in [6.07, 6.45) is 5.69. The van der Waals surface area contributed by atoms with Crippen molar-refractivity contribution in [3.63, 3.8) is 0 Å². The first-order valence-corrected chi connectivity index (χ1v) is 6.83. The Morgan fingerprint density at radius 3 is 3.11 bits per heavy atom. The van der Waals surface area contributed by atoms with E-state index in [2.05, 4.69) is 34.9 Å². The van der Waals surface area contributed by atoms with Crippen molar-refractivity contribution in [2.24, 2.45) is 0 Å². The fourth-order valence-electron chi connectivity index (χ4n) is 2.06. The van der Waals surface area contributed by atoms with Crippen LogP contribution >= 0.6 is 0 Å². The highest BCUT2D eigenvalue weighted by Gasteiger charge is 2.28.